The van der Waals surface area contributed by atoms with Crippen LogP contribution >= 0.6 is 27.5 Å². The lowest BCUT2D eigenvalue weighted by Gasteiger charge is -2.14. The number of carbonyl (C=O) groups excluding carboxylic acids is 1. The molecule has 0 spiro atoms. The maximum atomic E-state index is 12.2. The molecule has 1 N–H and O–H groups in total. The van der Waals surface area contributed by atoms with Crippen molar-refractivity contribution in [2.45, 2.75) is 20.3 Å². The van der Waals surface area contributed by atoms with Crippen LogP contribution in [0.25, 0.3) is 5.69 Å². The van der Waals surface area contributed by atoms with Crippen molar-refractivity contribution in [2.24, 2.45) is 0 Å². The SMILES string of the molecule is CCc1nn(-c2cnccc2C)c(Nc2ccc(Cl)cc2C(=O)OC)c1Br. The lowest BCUT2D eigenvalue weighted by atomic mass is 10.1. The van der Waals surface area contributed by atoms with Crippen molar-refractivity contribution in [3.63, 3.8) is 0 Å². The summed E-state index contributed by atoms with van der Waals surface area (Å²) in [6.45, 7) is 4.02. The molecule has 0 atom stereocenters. The molecule has 6 nitrogen and oxygen atoms in total. The zero-order chi connectivity index (χ0) is 19.6. The highest BCUT2D eigenvalue weighted by atomic mass is 79.9. The van der Waals surface area contributed by atoms with Crippen LogP contribution in [-0.4, -0.2) is 27.8 Å². The number of pyridine rings is 1. The van der Waals surface area contributed by atoms with Gasteiger partial charge in [0.05, 0.1) is 40.4 Å². The lowest BCUT2D eigenvalue weighted by Crippen LogP contribution is -2.09. The van der Waals surface area contributed by atoms with Gasteiger partial charge in [0.25, 0.3) is 0 Å². The van der Waals surface area contributed by atoms with Crippen molar-refractivity contribution in [3.8, 4) is 5.69 Å². The Morgan fingerprint density at radius 2 is 2.15 bits per heavy atom. The molecular weight excluding hydrogens is 432 g/mol. The second-order valence-corrected chi connectivity index (χ2v) is 7.07. The van der Waals surface area contributed by atoms with Crippen molar-refractivity contribution in [1.82, 2.24) is 14.8 Å². The molecule has 0 aliphatic carbocycles. The van der Waals surface area contributed by atoms with E-state index in [0.29, 0.717) is 22.1 Å². The van der Waals surface area contributed by atoms with Gasteiger partial charge in [0.15, 0.2) is 0 Å². The maximum Gasteiger partial charge on any atom is 0.340 e. The first-order chi connectivity index (χ1) is 13.0. The van der Waals surface area contributed by atoms with Crippen LogP contribution in [0, 0.1) is 6.92 Å². The first kappa shape index (κ1) is 19.4. The van der Waals surface area contributed by atoms with Crippen LogP contribution < -0.4 is 5.32 Å². The van der Waals surface area contributed by atoms with Gasteiger partial charge < -0.3 is 10.1 Å². The third-order valence-electron chi connectivity index (χ3n) is 4.11. The molecule has 8 heteroatoms. The zero-order valence-electron chi connectivity index (χ0n) is 15.1. The van der Waals surface area contributed by atoms with E-state index in [2.05, 4.69) is 26.2 Å². The largest absolute Gasteiger partial charge is 0.465 e. The molecule has 2 heterocycles. The first-order valence-corrected chi connectivity index (χ1v) is 9.46. The normalized spacial score (nSPS) is 10.7. The third-order valence-corrected chi connectivity index (χ3v) is 5.18. The quantitative estimate of drug-likeness (QED) is 0.550. The van der Waals surface area contributed by atoms with E-state index in [1.807, 2.05) is 19.9 Å². The van der Waals surface area contributed by atoms with Gasteiger partial charge in [0.1, 0.15) is 5.82 Å². The topological polar surface area (TPSA) is 69.0 Å². The number of hydrogen-bond acceptors (Lipinski definition) is 5. The van der Waals surface area contributed by atoms with E-state index in [1.54, 1.807) is 35.3 Å². The number of hydrogen-bond donors (Lipinski definition) is 1. The van der Waals surface area contributed by atoms with Gasteiger partial charge in [-0.05, 0) is 59.1 Å². The minimum atomic E-state index is -0.476. The minimum Gasteiger partial charge on any atom is -0.465 e. The van der Waals surface area contributed by atoms with Gasteiger partial charge in [-0.1, -0.05) is 18.5 Å². The number of nitrogens with zero attached hydrogens (tertiary/aromatic N) is 3. The first-order valence-electron chi connectivity index (χ1n) is 8.29. The van der Waals surface area contributed by atoms with E-state index >= 15 is 0 Å². The molecule has 0 fully saturated rings. The van der Waals surface area contributed by atoms with E-state index in [1.165, 1.54) is 7.11 Å². The van der Waals surface area contributed by atoms with E-state index < -0.39 is 5.97 Å². The molecule has 0 saturated carbocycles. The van der Waals surface area contributed by atoms with Crippen molar-refractivity contribution in [2.75, 3.05) is 12.4 Å². The fourth-order valence-electron chi connectivity index (χ4n) is 2.66. The molecular formula is C19H18BrClN4O2. The maximum absolute atomic E-state index is 12.2. The minimum absolute atomic E-state index is 0.339. The van der Waals surface area contributed by atoms with Crippen molar-refractivity contribution < 1.29 is 9.53 Å². The average Bonchev–Trinajstić information content (AvgIpc) is 2.98. The van der Waals surface area contributed by atoms with Gasteiger partial charge >= 0.3 is 5.97 Å². The van der Waals surface area contributed by atoms with Crippen LogP contribution in [0.1, 0.15) is 28.5 Å². The Bertz CT molecular complexity index is 1000. The van der Waals surface area contributed by atoms with Gasteiger partial charge in [-0.15, -0.1) is 0 Å². The van der Waals surface area contributed by atoms with E-state index in [4.69, 9.17) is 21.4 Å². The second kappa shape index (κ2) is 8.10. The highest BCUT2D eigenvalue weighted by molar-refractivity contribution is 9.10. The van der Waals surface area contributed by atoms with Crippen molar-refractivity contribution >= 4 is 45.0 Å². The third kappa shape index (κ3) is 3.84. The number of aryl methyl sites for hydroxylation is 2. The number of aromatic nitrogens is 3. The number of methoxy groups -OCH3 is 1. The molecule has 0 radical (unpaired) electrons. The molecule has 0 saturated heterocycles. The van der Waals surface area contributed by atoms with Gasteiger partial charge in [0.2, 0.25) is 0 Å². The summed E-state index contributed by atoms with van der Waals surface area (Å²) in [6, 6.07) is 6.93. The summed E-state index contributed by atoms with van der Waals surface area (Å²) >= 11 is 9.68. The standard InChI is InChI=1S/C19H18BrClN4O2/c1-4-14-17(20)18(25(24-14)16-10-22-8-7-11(16)2)23-15-6-5-12(21)9-13(15)19(26)27-3/h5-10,23H,4H2,1-3H3. The van der Waals surface area contributed by atoms with Gasteiger partial charge in [0, 0.05) is 11.2 Å². The summed E-state index contributed by atoms with van der Waals surface area (Å²) in [5.41, 5.74) is 3.65. The Morgan fingerprint density at radius 3 is 2.81 bits per heavy atom. The summed E-state index contributed by atoms with van der Waals surface area (Å²) in [4.78, 5) is 16.4. The van der Waals surface area contributed by atoms with Crippen molar-refractivity contribution in [1.29, 1.82) is 0 Å². The fraction of sp³-hybridized carbons (Fsp3) is 0.211. The summed E-state index contributed by atoms with van der Waals surface area (Å²) < 4.78 is 7.48. The molecule has 0 bridgehead atoms. The van der Waals surface area contributed by atoms with Crippen LogP contribution in [0.4, 0.5) is 11.5 Å². The highest BCUT2D eigenvalue weighted by Gasteiger charge is 2.20. The number of anilines is 2. The Morgan fingerprint density at radius 1 is 1.37 bits per heavy atom. The van der Waals surface area contributed by atoms with Crippen LogP contribution in [-0.2, 0) is 11.2 Å². The molecule has 0 unspecified atom stereocenters. The fourth-order valence-corrected chi connectivity index (χ4v) is 3.46. The predicted molar refractivity (Wildman–Crippen MR) is 109 cm³/mol. The van der Waals surface area contributed by atoms with Crippen LogP contribution in [0.15, 0.2) is 41.1 Å². The van der Waals surface area contributed by atoms with E-state index in [0.717, 1.165) is 27.8 Å². The molecule has 0 aliphatic rings. The highest BCUT2D eigenvalue weighted by Crippen LogP contribution is 2.34. The van der Waals surface area contributed by atoms with E-state index in [-0.39, 0.29) is 0 Å². The number of halogens is 2. The van der Waals surface area contributed by atoms with Crippen LogP contribution in [0.2, 0.25) is 5.02 Å². The number of benzene rings is 1. The zero-order valence-corrected chi connectivity index (χ0v) is 17.4. The lowest BCUT2D eigenvalue weighted by molar-refractivity contribution is 0.0602. The second-order valence-electron chi connectivity index (χ2n) is 5.84. The average molecular weight is 450 g/mol. The summed E-state index contributed by atoms with van der Waals surface area (Å²) in [7, 11) is 1.33. The molecule has 2 aromatic heterocycles. The van der Waals surface area contributed by atoms with Gasteiger partial charge in [-0.25, -0.2) is 9.48 Å². The number of ether oxygens (including phenoxy) is 1. The van der Waals surface area contributed by atoms with Crippen LogP contribution in [0.3, 0.4) is 0 Å². The van der Waals surface area contributed by atoms with Gasteiger partial charge in [-0.2, -0.15) is 5.10 Å². The Hall–Kier alpha value is -2.38. The molecule has 27 heavy (non-hydrogen) atoms. The number of nitrogens with one attached hydrogen (secondary N) is 1. The monoisotopic (exact) mass is 448 g/mol. The van der Waals surface area contributed by atoms with Crippen molar-refractivity contribution in [3.05, 3.63) is 63.0 Å². The Balaban J connectivity index is 2.15. The Labute approximate surface area is 170 Å². The molecule has 3 rings (SSSR count). The molecule has 0 aliphatic heterocycles. The number of esters is 1. The molecule has 1 aromatic carbocycles. The smallest absolute Gasteiger partial charge is 0.340 e. The molecule has 0 amide bonds. The number of carbonyl (C=O) groups is 1. The summed E-state index contributed by atoms with van der Waals surface area (Å²) in [5, 5.41) is 8.44. The summed E-state index contributed by atoms with van der Waals surface area (Å²) in [5.74, 6) is 0.214. The Kier molecular flexibility index (Phi) is 5.82. The van der Waals surface area contributed by atoms with E-state index in [9.17, 15) is 4.79 Å². The molecule has 140 valence electrons. The number of rotatable bonds is 5. The summed E-state index contributed by atoms with van der Waals surface area (Å²) in [6.07, 6.45) is 4.23. The van der Waals surface area contributed by atoms with Crippen LogP contribution in [0.5, 0.6) is 0 Å². The predicted octanol–water partition coefficient (Wildman–Crippen LogP) is 5.08. The molecule has 3 aromatic rings. The van der Waals surface area contributed by atoms with Gasteiger partial charge in [-0.3, -0.25) is 4.98 Å².